The van der Waals surface area contributed by atoms with Crippen LogP contribution in [0.2, 0.25) is 0 Å². The van der Waals surface area contributed by atoms with Crippen LogP contribution in [-0.4, -0.2) is 36.0 Å². The summed E-state index contributed by atoms with van der Waals surface area (Å²) in [4.78, 5) is 4.40. The molecule has 2 aromatic rings. The first-order valence-electron chi connectivity index (χ1n) is 7.13. The average Bonchev–Trinajstić information content (AvgIpc) is 2.94. The molecule has 118 valence electrons. The van der Waals surface area contributed by atoms with Gasteiger partial charge in [0.1, 0.15) is 4.90 Å². The van der Waals surface area contributed by atoms with Gasteiger partial charge in [0.15, 0.2) is 5.82 Å². The molecule has 0 unspecified atom stereocenters. The van der Waals surface area contributed by atoms with Gasteiger partial charge in [0.2, 0.25) is 15.9 Å². The van der Waals surface area contributed by atoms with E-state index in [9.17, 15) is 8.42 Å². The van der Waals surface area contributed by atoms with Gasteiger partial charge in [-0.25, -0.2) is 8.42 Å². The molecule has 1 aliphatic rings. The number of nitrogen functional groups attached to an aromatic ring is 1. The normalized spacial score (nSPS) is 17.7. The van der Waals surface area contributed by atoms with Crippen molar-refractivity contribution in [3.05, 3.63) is 36.0 Å². The zero-order valence-electron chi connectivity index (χ0n) is 12.3. The molecule has 1 aromatic carbocycles. The van der Waals surface area contributed by atoms with Crippen molar-refractivity contribution >= 4 is 15.7 Å². The predicted molar refractivity (Wildman–Crippen MR) is 80.6 cm³/mol. The summed E-state index contributed by atoms with van der Waals surface area (Å²) in [5, 5.41) is 3.78. The zero-order valence-corrected chi connectivity index (χ0v) is 13.1. The molecule has 22 heavy (non-hydrogen) atoms. The van der Waals surface area contributed by atoms with Crippen molar-refractivity contribution in [2.75, 3.05) is 18.8 Å². The summed E-state index contributed by atoms with van der Waals surface area (Å²) in [5.74, 6) is 1.30. The van der Waals surface area contributed by atoms with Crippen LogP contribution < -0.4 is 5.73 Å². The minimum absolute atomic E-state index is 0.112. The number of aryl methyl sites for hydroxylation is 1. The van der Waals surface area contributed by atoms with Gasteiger partial charge in [0.25, 0.3) is 0 Å². The molecule has 7 nitrogen and oxygen atoms in total. The van der Waals surface area contributed by atoms with E-state index in [-0.39, 0.29) is 16.5 Å². The van der Waals surface area contributed by atoms with Crippen LogP contribution in [0.15, 0.2) is 33.7 Å². The zero-order chi connectivity index (χ0) is 15.7. The average molecular weight is 322 g/mol. The Kier molecular flexibility index (Phi) is 3.88. The van der Waals surface area contributed by atoms with Crippen molar-refractivity contribution in [2.45, 2.75) is 30.6 Å². The van der Waals surface area contributed by atoms with Gasteiger partial charge in [-0.2, -0.15) is 9.29 Å². The van der Waals surface area contributed by atoms with Gasteiger partial charge in [-0.1, -0.05) is 17.3 Å². The van der Waals surface area contributed by atoms with Gasteiger partial charge in [0.05, 0.1) is 5.69 Å². The van der Waals surface area contributed by atoms with Crippen LogP contribution in [-0.2, 0) is 10.0 Å². The maximum atomic E-state index is 12.6. The van der Waals surface area contributed by atoms with Gasteiger partial charge in [-0.15, -0.1) is 0 Å². The molecule has 0 atom stereocenters. The highest BCUT2D eigenvalue weighted by Gasteiger charge is 2.32. The molecule has 2 N–H and O–H groups in total. The lowest BCUT2D eigenvalue weighted by atomic mass is 9.98. The first-order valence-corrected chi connectivity index (χ1v) is 8.57. The number of benzene rings is 1. The van der Waals surface area contributed by atoms with Crippen molar-refractivity contribution in [3.8, 4) is 0 Å². The number of sulfonamides is 1. The highest BCUT2D eigenvalue weighted by atomic mass is 32.2. The van der Waals surface area contributed by atoms with Crippen molar-refractivity contribution in [2.24, 2.45) is 0 Å². The highest BCUT2D eigenvalue weighted by Crippen LogP contribution is 2.31. The monoisotopic (exact) mass is 322 g/mol. The van der Waals surface area contributed by atoms with Crippen LogP contribution in [0.5, 0.6) is 0 Å². The van der Waals surface area contributed by atoms with Crippen LogP contribution in [0.3, 0.4) is 0 Å². The number of piperidine rings is 1. The molecule has 0 radical (unpaired) electrons. The van der Waals surface area contributed by atoms with E-state index in [4.69, 9.17) is 10.3 Å². The van der Waals surface area contributed by atoms with Gasteiger partial charge in [-0.05, 0) is 31.9 Å². The van der Waals surface area contributed by atoms with Crippen molar-refractivity contribution in [3.63, 3.8) is 0 Å². The number of anilines is 1. The molecule has 1 aliphatic heterocycles. The molecular weight excluding hydrogens is 304 g/mol. The molecule has 0 bridgehead atoms. The lowest BCUT2D eigenvalue weighted by Crippen LogP contribution is -2.38. The molecule has 2 heterocycles. The van der Waals surface area contributed by atoms with Crippen molar-refractivity contribution < 1.29 is 12.9 Å². The summed E-state index contributed by atoms with van der Waals surface area (Å²) in [7, 11) is -3.55. The van der Waals surface area contributed by atoms with Crippen LogP contribution in [0.4, 0.5) is 5.69 Å². The SMILES string of the molecule is Cc1noc(C2CCN(S(=O)(=O)c3ccccc3N)CC2)n1. The first kappa shape index (κ1) is 15.0. The Morgan fingerprint density at radius 1 is 1.27 bits per heavy atom. The number of nitrogens with zero attached hydrogens (tertiary/aromatic N) is 3. The summed E-state index contributed by atoms with van der Waals surface area (Å²) in [6.45, 7) is 2.61. The molecule has 0 aliphatic carbocycles. The van der Waals surface area contributed by atoms with Gasteiger partial charge < -0.3 is 10.3 Å². The second-order valence-corrected chi connectivity index (χ2v) is 7.30. The van der Waals surface area contributed by atoms with Gasteiger partial charge >= 0.3 is 0 Å². The molecule has 0 amide bonds. The molecule has 8 heteroatoms. The summed E-state index contributed by atoms with van der Waals surface area (Å²) in [5.41, 5.74) is 6.07. The summed E-state index contributed by atoms with van der Waals surface area (Å²) in [6.07, 6.45) is 1.32. The largest absolute Gasteiger partial charge is 0.398 e. The summed E-state index contributed by atoms with van der Waals surface area (Å²) < 4.78 is 31.9. The van der Waals surface area contributed by atoms with Crippen LogP contribution >= 0.6 is 0 Å². The van der Waals surface area contributed by atoms with E-state index in [0.717, 1.165) is 0 Å². The smallest absolute Gasteiger partial charge is 0.245 e. The molecule has 1 saturated heterocycles. The van der Waals surface area contributed by atoms with E-state index in [0.29, 0.717) is 37.6 Å². The van der Waals surface area contributed by atoms with E-state index >= 15 is 0 Å². The van der Waals surface area contributed by atoms with Crippen LogP contribution in [0.25, 0.3) is 0 Å². The molecule has 1 aromatic heterocycles. The molecule has 1 fully saturated rings. The lowest BCUT2D eigenvalue weighted by molar-refractivity contribution is 0.270. The second kappa shape index (κ2) is 5.69. The third kappa shape index (κ3) is 2.71. The van der Waals surface area contributed by atoms with E-state index in [1.807, 2.05) is 0 Å². The number of hydrogen-bond acceptors (Lipinski definition) is 6. The van der Waals surface area contributed by atoms with E-state index in [1.54, 1.807) is 25.1 Å². The highest BCUT2D eigenvalue weighted by molar-refractivity contribution is 7.89. The Bertz CT molecular complexity index is 764. The molecule has 0 saturated carbocycles. The van der Waals surface area contributed by atoms with Crippen LogP contribution in [0, 0.1) is 6.92 Å². The number of rotatable bonds is 3. The molecular formula is C14H18N4O3S. The first-order chi connectivity index (χ1) is 10.5. The maximum Gasteiger partial charge on any atom is 0.245 e. The van der Waals surface area contributed by atoms with Gasteiger partial charge in [-0.3, -0.25) is 0 Å². The molecule has 3 rings (SSSR count). The molecule has 0 spiro atoms. The number of aromatic nitrogens is 2. The van der Waals surface area contributed by atoms with Gasteiger partial charge in [0, 0.05) is 19.0 Å². The fourth-order valence-electron chi connectivity index (χ4n) is 2.68. The van der Waals surface area contributed by atoms with E-state index in [2.05, 4.69) is 10.1 Å². The lowest BCUT2D eigenvalue weighted by Gasteiger charge is -2.29. The Morgan fingerprint density at radius 3 is 2.55 bits per heavy atom. The minimum Gasteiger partial charge on any atom is -0.398 e. The third-order valence-corrected chi connectivity index (χ3v) is 5.86. The fraction of sp³-hybridized carbons (Fsp3) is 0.429. The van der Waals surface area contributed by atoms with Crippen LogP contribution in [0.1, 0.15) is 30.5 Å². The third-order valence-electron chi connectivity index (χ3n) is 3.88. The number of hydrogen-bond donors (Lipinski definition) is 1. The second-order valence-electron chi connectivity index (χ2n) is 5.40. The summed E-state index contributed by atoms with van der Waals surface area (Å²) in [6, 6.07) is 6.54. The van der Waals surface area contributed by atoms with E-state index < -0.39 is 10.0 Å². The number of nitrogens with two attached hydrogens (primary N) is 1. The number of para-hydroxylation sites is 1. The Balaban J connectivity index is 1.75. The van der Waals surface area contributed by atoms with E-state index in [1.165, 1.54) is 10.4 Å². The maximum absolute atomic E-state index is 12.6. The Hall–Kier alpha value is -1.93. The Labute approximate surface area is 129 Å². The topological polar surface area (TPSA) is 102 Å². The minimum atomic E-state index is -3.55. The predicted octanol–water partition coefficient (Wildman–Crippen LogP) is 1.53. The van der Waals surface area contributed by atoms with Crippen molar-refractivity contribution in [1.82, 2.24) is 14.4 Å². The Morgan fingerprint density at radius 2 is 1.95 bits per heavy atom. The standard InChI is InChI=1S/C14H18N4O3S/c1-10-16-14(21-17-10)11-6-8-18(9-7-11)22(19,20)13-5-3-2-4-12(13)15/h2-5,11H,6-9,15H2,1H3. The van der Waals surface area contributed by atoms with Crippen molar-refractivity contribution in [1.29, 1.82) is 0 Å². The fourth-order valence-corrected chi connectivity index (χ4v) is 4.26. The summed E-state index contributed by atoms with van der Waals surface area (Å²) >= 11 is 0. The quantitative estimate of drug-likeness (QED) is 0.860.